The molecule has 25 heavy (non-hydrogen) atoms. The van der Waals surface area contributed by atoms with E-state index >= 15 is 0 Å². The van der Waals surface area contributed by atoms with E-state index in [1.807, 2.05) is 25.1 Å². The van der Waals surface area contributed by atoms with Crippen LogP contribution in [0.1, 0.15) is 33.8 Å². The molecule has 0 saturated heterocycles. The van der Waals surface area contributed by atoms with Gasteiger partial charge >= 0.3 is 0 Å². The van der Waals surface area contributed by atoms with E-state index in [9.17, 15) is 4.79 Å². The normalized spacial score (nSPS) is 13.8. The minimum absolute atomic E-state index is 0.00226. The highest BCUT2D eigenvalue weighted by Gasteiger charge is 2.26. The fourth-order valence-electron chi connectivity index (χ4n) is 2.76. The van der Waals surface area contributed by atoms with E-state index in [4.69, 9.17) is 0 Å². The molecule has 1 amide bonds. The van der Waals surface area contributed by atoms with Gasteiger partial charge in [0, 0.05) is 30.9 Å². The molecule has 3 heterocycles. The molecule has 1 aliphatic rings. The van der Waals surface area contributed by atoms with Gasteiger partial charge in [0.05, 0.1) is 10.3 Å². The first-order valence-electron chi connectivity index (χ1n) is 8.41. The Morgan fingerprint density at radius 3 is 2.92 bits per heavy atom. The number of amides is 1. The average molecular weight is 353 g/mol. The van der Waals surface area contributed by atoms with E-state index < -0.39 is 0 Å². The molecule has 128 valence electrons. The van der Waals surface area contributed by atoms with Crippen molar-refractivity contribution in [1.82, 2.24) is 20.3 Å². The van der Waals surface area contributed by atoms with E-state index in [-0.39, 0.29) is 5.91 Å². The first-order valence-corrected chi connectivity index (χ1v) is 9.23. The molecule has 6 nitrogen and oxygen atoms in total. The molecule has 0 unspecified atom stereocenters. The first-order chi connectivity index (χ1) is 12.2. The number of anilines is 1. The third-order valence-electron chi connectivity index (χ3n) is 4.25. The molecular weight excluding hydrogens is 334 g/mol. The summed E-state index contributed by atoms with van der Waals surface area (Å²) in [6.45, 7) is 2.69. The molecule has 0 spiro atoms. The fraction of sp³-hybridized carbons (Fsp3) is 0.333. The zero-order chi connectivity index (χ0) is 17.2. The number of hydrogen-bond acceptors (Lipinski definition) is 6. The zero-order valence-corrected chi connectivity index (χ0v) is 14.8. The number of carbonyl (C=O) groups excluding carboxylic acids is 1. The van der Waals surface area contributed by atoms with Crippen molar-refractivity contribution in [2.75, 3.05) is 11.9 Å². The van der Waals surface area contributed by atoms with Crippen LogP contribution in [0.3, 0.4) is 0 Å². The highest BCUT2D eigenvalue weighted by molar-refractivity contribution is 7.20. The molecule has 0 atom stereocenters. The van der Waals surface area contributed by atoms with Crippen LogP contribution in [0.4, 0.5) is 5.82 Å². The van der Waals surface area contributed by atoms with Crippen LogP contribution in [0, 0.1) is 6.92 Å². The maximum absolute atomic E-state index is 12.4. The third-order valence-corrected chi connectivity index (χ3v) is 5.44. The van der Waals surface area contributed by atoms with Gasteiger partial charge in [-0.2, -0.15) is 0 Å². The van der Waals surface area contributed by atoms with Crippen molar-refractivity contribution in [2.45, 2.75) is 32.2 Å². The Balaban J connectivity index is 1.54. The quantitative estimate of drug-likeness (QED) is 0.712. The second kappa shape index (κ2) is 6.76. The summed E-state index contributed by atoms with van der Waals surface area (Å²) in [5, 5.41) is 7.36. The van der Waals surface area contributed by atoms with Crippen molar-refractivity contribution in [3.05, 3.63) is 46.9 Å². The molecule has 7 heteroatoms. The standard InChI is InChI=1S/C18H19N5OS/c1-11-14-16(20-9-7-12-4-2-3-8-19-12)21-10-22-18(14)25-15(11)17(24)23-13-5-6-13/h2-4,8,10,13H,5-7,9H2,1H3,(H,23,24)(H,20,21,22). The average Bonchev–Trinajstić information content (AvgIpc) is 3.37. The Morgan fingerprint density at radius 1 is 1.28 bits per heavy atom. The van der Waals surface area contributed by atoms with Crippen molar-refractivity contribution in [3.8, 4) is 0 Å². The molecule has 1 aliphatic carbocycles. The first kappa shape index (κ1) is 16.0. The summed E-state index contributed by atoms with van der Waals surface area (Å²) in [4.78, 5) is 27.0. The number of pyridine rings is 1. The Labute approximate surface area is 149 Å². The molecule has 3 aromatic rings. The lowest BCUT2D eigenvalue weighted by Gasteiger charge is -2.07. The highest BCUT2D eigenvalue weighted by Crippen LogP contribution is 2.33. The highest BCUT2D eigenvalue weighted by atomic mass is 32.1. The number of nitrogens with one attached hydrogen (secondary N) is 2. The SMILES string of the molecule is Cc1c(C(=O)NC2CC2)sc2ncnc(NCCc3ccccn3)c12. The van der Waals surface area contributed by atoms with Crippen LogP contribution < -0.4 is 10.6 Å². The Morgan fingerprint density at radius 2 is 2.16 bits per heavy atom. The summed E-state index contributed by atoms with van der Waals surface area (Å²) in [6.07, 6.45) is 6.31. The molecule has 1 fully saturated rings. The minimum atomic E-state index is 0.00226. The third kappa shape index (κ3) is 3.46. The molecule has 3 aromatic heterocycles. The van der Waals surface area contributed by atoms with Gasteiger partial charge in [0.2, 0.25) is 0 Å². The summed E-state index contributed by atoms with van der Waals surface area (Å²) in [5.74, 6) is 0.780. The van der Waals surface area contributed by atoms with E-state index in [0.29, 0.717) is 6.04 Å². The number of hydrogen-bond donors (Lipinski definition) is 2. The van der Waals surface area contributed by atoms with Crippen LogP contribution in [-0.4, -0.2) is 33.4 Å². The van der Waals surface area contributed by atoms with Gasteiger partial charge in [-0.25, -0.2) is 9.97 Å². The molecular formula is C18H19N5OS. The molecule has 4 rings (SSSR count). The topological polar surface area (TPSA) is 79.8 Å². The number of rotatable bonds is 6. The smallest absolute Gasteiger partial charge is 0.261 e. The van der Waals surface area contributed by atoms with Gasteiger partial charge in [-0.15, -0.1) is 11.3 Å². The summed E-state index contributed by atoms with van der Waals surface area (Å²) >= 11 is 1.43. The Kier molecular flexibility index (Phi) is 4.31. The number of fused-ring (bicyclic) bond motifs is 1. The summed E-state index contributed by atoms with van der Waals surface area (Å²) < 4.78 is 0. The van der Waals surface area contributed by atoms with E-state index in [1.165, 1.54) is 11.3 Å². The Hall–Kier alpha value is -2.54. The minimum Gasteiger partial charge on any atom is -0.369 e. The second-order valence-electron chi connectivity index (χ2n) is 6.20. The number of thiophene rings is 1. The van der Waals surface area contributed by atoms with Crippen LogP contribution in [0.25, 0.3) is 10.2 Å². The molecule has 0 bridgehead atoms. The molecule has 1 saturated carbocycles. The van der Waals surface area contributed by atoms with E-state index in [0.717, 1.165) is 58.0 Å². The fourth-order valence-corrected chi connectivity index (χ4v) is 3.81. The van der Waals surface area contributed by atoms with Gasteiger partial charge < -0.3 is 10.6 Å². The Bertz CT molecular complexity index is 904. The van der Waals surface area contributed by atoms with Gasteiger partial charge in [-0.05, 0) is 37.5 Å². The van der Waals surface area contributed by atoms with Crippen LogP contribution >= 0.6 is 11.3 Å². The number of carbonyl (C=O) groups is 1. The maximum Gasteiger partial charge on any atom is 0.261 e. The predicted octanol–water partition coefficient (Wildman–Crippen LogP) is 2.94. The summed E-state index contributed by atoms with van der Waals surface area (Å²) in [7, 11) is 0. The van der Waals surface area contributed by atoms with Crippen LogP contribution in [-0.2, 0) is 6.42 Å². The van der Waals surface area contributed by atoms with Crippen LogP contribution in [0.5, 0.6) is 0 Å². The molecule has 0 aliphatic heterocycles. The van der Waals surface area contributed by atoms with Crippen molar-refractivity contribution in [3.63, 3.8) is 0 Å². The van der Waals surface area contributed by atoms with Crippen molar-refractivity contribution in [2.24, 2.45) is 0 Å². The van der Waals surface area contributed by atoms with Crippen LogP contribution in [0.15, 0.2) is 30.7 Å². The summed E-state index contributed by atoms with van der Waals surface area (Å²) in [5.41, 5.74) is 1.98. The lowest BCUT2D eigenvalue weighted by molar-refractivity contribution is 0.0954. The largest absolute Gasteiger partial charge is 0.369 e. The van der Waals surface area contributed by atoms with Crippen molar-refractivity contribution in [1.29, 1.82) is 0 Å². The van der Waals surface area contributed by atoms with Gasteiger partial charge in [-0.3, -0.25) is 9.78 Å². The number of aromatic nitrogens is 3. The summed E-state index contributed by atoms with van der Waals surface area (Å²) in [6, 6.07) is 6.25. The number of nitrogens with zero attached hydrogens (tertiary/aromatic N) is 3. The van der Waals surface area contributed by atoms with Crippen LogP contribution in [0.2, 0.25) is 0 Å². The number of aryl methyl sites for hydroxylation is 1. The predicted molar refractivity (Wildman–Crippen MR) is 99.1 cm³/mol. The van der Waals surface area contributed by atoms with Crippen molar-refractivity contribution < 1.29 is 4.79 Å². The van der Waals surface area contributed by atoms with Gasteiger partial charge in [-0.1, -0.05) is 6.07 Å². The maximum atomic E-state index is 12.4. The zero-order valence-electron chi connectivity index (χ0n) is 14.0. The lowest BCUT2D eigenvalue weighted by Crippen LogP contribution is -2.25. The van der Waals surface area contributed by atoms with Gasteiger partial charge in [0.15, 0.2) is 0 Å². The van der Waals surface area contributed by atoms with Gasteiger partial charge in [0.1, 0.15) is 17.0 Å². The van der Waals surface area contributed by atoms with Gasteiger partial charge in [0.25, 0.3) is 5.91 Å². The molecule has 0 aromatic carbocycles. The second-order valence-corrected chi connectivity index (χ2v) is 7.20. The van der Waals surface area contributed by atoms with E-state index in [1.54, 1.807) is 12.5 Å². The molecule has 0 radical (unpaired) electrons. The monoisotopic (exact) mass is 353 g/mol. The molecule has 2 N–H and O–H groups in total. The van der Waals surface area contributed by atoms with E-state index in [2.05, 4.69) is 25.6 Å². The lowest BCUT2D eigenvalue weighted by atomic mass is 10.2. The van der Waals surface area contributed by atoms with Crippen molar-refractivity contribution >= 4 is 33.3 Å².